The van der Waals surface area contributed by atoms with Gasteiger partial charge in [0.15, 0.2) is 0 Å². The van der Waals surface area contributed by atoms with Crippen molar-refractivity contribution < 1.29 is 4.39 Å². The van der Waals surface area contributed by atoms with Crippen molar-refractivity contribution in [1.29, 1.82) is 0 Å². The van der Waals surface area contributed by atoms with Crippen LogP contribution in [0.1, 0.15) is 12.0 Å². The van der Waals surface area contributed by atoms with E-state index in [4.69, 9.17) is 11.6 Å². The summed E-state index contributed by atoms with van der Waals surface area (Å²) in [7, 11) is 0. The molecule has 1 N–H and O–H groups in total. The molecule has 0 amide bonds. The third-order valence-corrected chi connectivity index (χ3v) is 4.68. The Hall–Kier alpha value is -0.680. The lowest BCUT2D eigenvalue weighted by molar-refractivity contribution is 0.170. The molecule has 0 saturated carbocycles. The number of benzene rings is 1. The first-order chi connectivity index (χ1) is 9.72. The minimum atomic E-state index is -0.265. The number of likely N-dealkylation sites (tertiary alicyclic amines) is 1. The largest absolute Gasteiger partial charge is 0.314 e. The molecule has 3 nitrogen and oxygen atoms in total. The molecule has 0 radical (unpaired) electrons. The first kappa shape index (κ1) is 14.3. The second-order valence-corrected chi connectivity index (χ2v) is 6.11. The number of halogens is 2. The third-order valence-electron chi connectivity index (χ3n) is 4.32. The molecule has 110 valence electrons. The van der Waals surface area contributed by atoms with Gasteiger partial charge >= 0.3 is 0 Å². The maximum atomic E-state index is 13.1. The standard InChI is InChI=1S/C15H21ClFN3/c16-15-9-13(17)2-1-12(15)10-19-6-3-14(11-19)20-7-4-18-5-8-20/h1-2,9,14,18H,3-8,10-11H2. The summed E-state index contributed by atoms with van der Waals surface area (Å²) in [6, 6.07) is 5.36. The topological polar surface area (TPSA) is 18.5 Å². The van der Waals surface area contributed by atoms with Gasteiger partial charge in [0.05, 0.1) is 0 Å². The Morgan fingerprint density at radius 1 is 1.25 bits per heavy atom. The molecule has 0 aliphatic carbocycles. The zero-order chi connectivity index (χ0) is 13.9. The minimum absolute atomic E-state index is 0.265. The first-order valence-electron chi connectivity index (χ1n) is 7.33. The molecule has 2 saturated heterocycles. The van der Waals surface area contributed by atoms with Gasteiger partial charge in [0.1, 0.15) is 5.82 Å². The molecule has 2 aliphatic heterocycles. The molecule has 2 fully saturated rings. The van der Waals surface area contributed by atoms with Crippen LogP contribution >= 0.6 is 11.6 Å². The van der Waals surface area contributed by atoms with Crippen LogP contribution in [0.4, 0.5) is 4.39 Å². The normalized spacial score (nSPS) is 25.2. The third kappa shape index (κ3) is 3.31. The zero-order valence-corrected chi connectivity index (χ0v) is 12.4. The Balaban J connectivity index is 1.57. The fourth-order valence-corrected chi connectivity index (χ4v) is 3.42. The van der Waals surface area contributed by atoms with E-state index in [-0.39, 0.29) is 5.82 Å². The van der Waals surface area contributed by atoms with Crippen molar-refractivity contribution in [2.24, 2.45) is 0 Å². The van der Waals surface area contributed by atoms with E-state index < -0.39 is 0 Å². The SMILES string of the molecule is Fc1ccc(CN2CCC(N3CCNCC3)C2)c(Cl)c1. The van der Waals surface area contributed by atoms with Crippen LogP contribution in [0, 0.1) is 5.82 Å². The fraction of sp³-hybridized carbons (Fsp3) is 0.600. The van der Waals surface area contributed by atoms with Gasteiger partial charge in [-0.05, 0) is 24.1 Å². The van der Waals surface area contributed by atoms with Crippen LogP contribution in [0.25, 0.3) is 0 Å². The summed E-state index contributed by atoms with van der Waals surface area (Å²) in [6.45, 7) is 7.50. The lowest BCUT2D eigenvalue weighted by Crippen LogP contribution is -2.49. The highest BCUT2D eigenvalue weighted by molar-refractivity contribution is 6.31. The van der Waals surface area contributed by atoms with Crippen LogP contribution < -0.4 is 5.32 Å². The summed E-state index contributed by atoms with van der Waals surface area (Å²) in [6.07, 6.45) is 1.22. The second kappa shape index (κ2) is 6.39. The molecule has 1 atom stereocenters. The maximum absolute atomic E-state index is 13.1. The van der Waals surface area contributed by atoms with E-state index in [0.717, 1.165) is 51.4 Å². The number of piperazine rings is 1. The van der Waals surface area contributed by atoms with E-state index in [2.05, 4.69) is 15.1 Å². The first-order valence-corrected chi connectivity index (χ1v) is 7.71. The van der Waals surface area contributed by atoms with Gasteiger partial charge < -0.3 is 5.32 Å². The number of hydrogen-bond donors (Lipinski definition) is 1. The van der Waals surface area contributed by atoms with E-state index in [1.165, 1.54) is 18.6 Å². The number of hydrogen-bond acceptors (Lipinski definition) is 3. The van der Waals surface area contributed by atoms with Crippen LogP contribution in [0.2, 0.25) is 5.02 Å². The van der Waals surface area contributed by atoms with Crippen molar-refractivity contribution in [1.82, 2.24) is 15.1 Å². The lowest BCUT2D eigenvalue weighted by Gasteiger charge is -2.32. The van der Waals surface area contributed by atoms with Gasteiger partial charge in [0.25, 0.3) is 0 Å². The van der Waals surface area contributed by atoms with Gasteiger partial charge in [0.2, 0.25) is 0 Å². The summed E-state index contributed by atoms with van der Waals surface area (Å²) < 4.78 is 13.1. The molecule has 3 rings (SSSR count). The molecule has 5 heteroatoms. The second-order valence-electron chi connectivity index (χ2n) is 5.70. The van der Waals surface area contributed by atoms with Gasteiger partial charge in [-0.1, -0.05) is 17.7 Å². The highest BCUT2D eigenvalue weighted by Gasteiger charge is 2.28. The van der Waals surface area contributed by atoms with Crippen molar-refractivity contribution in [3.05, 3.63) is 34.6 Å². The van der Waals surface area contributed by atoms with E-state index in [1.807, 2.05) is 0 Å². The fourth-order valence-electron chi connectivity index (χ4n) is 3.19. The van der Waals surface area contributed by atoms with Crippen LogP contribution in [0.15, 0.2) is 18.2 Å². The monoisotopic (exact) mass is 297 g/mol. The van der Waals surface area contributed by atoms with Crippen molar-refractivity contribution >= 4 is 11.6 Å². The molecule has 20 heavy (non-hydrogen) atoms. The summed E-state index contributed by atoms with van der Waals surface area (Å²) in [5, 5.41) is 3.93. The van der Waals surface area contributed by atoms with Crippen LogP contribution in [0.5, 0.6) is 0 Å². The Kier molecular flexibility index (Phi) is 4.56. The van der Waals surface area contributed by atoms with Crippen LogP contribution in [0.3, 0.4) is 0 Å². The van der Waals surface area contributed by atoms with Crippen molar-refractivity contribution in [2.75, 3.05) is 39.3 Å². The Morgan fingerprint density at radius 3 is 2.80 bits per heavy atom. The average Bonchev–Trinajstić information content (AvgIpc) is 2.92. The predicted molar refractivity (Wildman–Crippen MR) is 79.5 cm³/mol. The molecule has 1 aromatic carbocycles. The highest BCUT2D eigenvalue weighted by atomic mass is 35.5. The van der Waals surface area contributed by atoms with Gasteiger partial charge in [-0.2, -0.15) is 0 Å². The summed E-state index contributed by atoms with van der Waals surface area (Å²) in [5.41, 5.74) is 1.02. The Bertz CT molecular complexity index is 462. The van der Waals surface area contributed by atoms with E-state index in [1.54, 1.807) is 6.07 Å². The summed E-state index contributed by atoms with van der Waals surface area (Å²) in [4.78, 5) is 5.01. The Morgan fingerprint density at radius 2 is 2.05 bits per heavy atom. The van der Waals surface area contributed by atoms with Crippen molar-refractivity contribution in [3.63, 3.8) is 0 Å². The molecule has 0 bridgehead atoms. The quantitative estimate of drug-likeness (QED) is 0.920. The number of rotatable bonds is 3. The zero-order valence-electron chi connectivity index (χ0n) is 11.6. The van der Waals surface area contributed by atoms with E-state index in [0.29, 0.717) is 11.1 Å². The molecule has 1 aromatic rings. The van der Waals surface area contributed by atoms with Gasteiger partial charge in [-0.25, -0.2) is 4.39 Å². The highest BCUT2D eigenvalue weighted by Crippen LogP contribution is 2.23. The molecular weight excluding hydrogens is 277 g/mol. The van der Waals surface area contributed by atoms with E-state index >= 15 is 0 Å². The lowest BCUT2D eigenvalue weighted by atomic mass is 10.2. The molecule has 2 aliphatic rings. The molecular formula is C15H21ClFN3. The average molecular weight is 298 g/mol. The van der Waals surface area contributed by atoms with Gasteiger partial charge in [-0.3, -0.25) is 9.80 Å². The van der Waals surface area contributed by atoms with Gasteiger partial charge in [0, 0.05) is 56.9 Å². The smallest absolute Gasteiger partial charge is 0.124 e. The Labute approximate surface area is 124 Å². The van der Waals surface area contributed by atoms with E-state index in [9.17, 15) is 4.39 Å². The van der Waals surface area contributed by atoms with Gasteiger partial charge in [-0.15, -0.1) is 0 Å². The molecule has 0 spiro atoms. The van der Waals surface area contributed by atoms with Crippen LogP contribution in [-0.4, -0.2) is 55.1 Å². The van der Waals surface area contributed by atoms with Crippen molar-refractivity contribution in [2.45, 2.75) is 19.0 Å². The van der Waals surface area contributed by atoms with Crippen molar-refractivity contribution in [3.8, 4) is 0 Å². The number of nitrogens with one attached hydrogen (secondary N) is 1. The molecule has 1 unspecified atom stereocenters. The summed E-state index contributed by atoms with van der Waals surface area (Å²) >= 11 is 6.11. The molecule has 2 heterocycles. The number of nitrogens with zero attached hydrogens (tertiary/aromatic N) is 2. The minimum Gasteiger partial charge on any atom is -0.314 e. The predicted octanol–water partition coefficient (Wildman–Crippen LogP) is 1.96. The maximum Gasteiger partial charge on any atom is 0.124 e. The van der Waals surface area contributed by atoms with Crippen LogP contribution in [-0.2, 0) is 6.54 Å². The molecule has 0 aromatic heterocycles. The summed E-state index contributed by atoms with van der Waals surface area (Å²) in [5.74, 6) is -0.265.